The second kappa shape index (κ2) is 8.85. The smallest absolute Gasteiger partial charge is 0.279 e. The average molecular weight is 406 g/mol. The van der Waals surface area contributed by atoms with E-state index < -0.39 is 10.2 Å². The van der Waals surface area contributed by atoms with Crippen molar-refractivity contribution in [2.45, 2.75) is 32.9 Å². The lowest BCUT2D eigenvalue weighted by Crippen LogP contribution is -2.44. The summed E-state index contributed by atoms with van der Waals surface area (Å²) in [5.74, 6) is 0.404. The molecule has 0 spiro atoms. The van der Waals surface area contributed by atoms with E-state index in [2.05, 4.69) is 21.9 Å². The standard InChI is InChI=1S/C19H27N5O3S/c1-15-6-10-24(11-7-15)28(26,27)22-14-17-12-16(5-8-20-17)13-21-19(25)18-4-3-9-23(18)2/h3-5,8-9,12,15,22H,6-7,10-11,13-14H2,1-2H3,(H,21,25). The molecular weight excluding hydrogens is 378 g/mol. The highest BCUT2D eigenvalue weighted by atomic mass is 32.2. The first-order chi connectivity index (χ1) is 13.3. The Balaban J connectivity index is 1.54. The summed E-state index contributed by atoms with van der Waals surface area (Å²) in [6, 6.07) is 7.17. The molecule has 1 fully saturated rings. The molecule has 2 aromatic rings. The third-order valence-electron chi connectivity index (χ3n) is 5.03. The first kappa shape index (κ1) is 20.5. The second-order valence-corrected chi connectivity index (χ2v) is 9.01. The largest absolute Gasteiger partial charge is 0.347 e. The van der Waals surface area contributed by atoms with Crippen molar-refractivity contribution in [3.63, 3.8) is 0 Å². The van der Waals surface area contributed by atoms with Crippen LogP contribution in [-0.4, -0.2) is 41.3 Å². The molecule has 0 unspecified atom stereocenters. The van der Waals surface area contributed by atoms with Crippen LogP contribution in [-0.2, 0) is 30.3 Å². The maximum absolute atomic E-state index is 12.5. The van der Waals surface area contributed by atoms with Gasteiger partial charge in [0.2, 0.25) is 0 Å². The Morgan fingerprint density at radius 3 is 2.68 bits per heavy atom. The maximum atomic E-state index is 12.5. The molecule has 0 saturated carbocycles. The van der Waals surface area contributed by atoms with Crippen LogP contribution in [0.4, 0.5) is 0 Å². The van der Waals surface area contributed by atoms with E-state index in [0.29, 0.717) is 36.9 Å². The van der Waals surface area contributed by atoms with Crippen molar-refractivity contribution in [1.82, 2.24) is 23.9 Å². The molecule has 1 aliphatic rings. The van der Waals surface area contributed by atoms with Crippen LogP contribution in [0.3, 0.4) is 0 Å². The highest BCUT2D eigenvalue weighted by molar-refractivity contribution is 7.87. The van der Waals surface area contributed by atoms with Crippen LogP contribution in [0.2, 0.25) is 0 Å². The molecule has 28 heavy (non-hydrogen) atoms. The van der Waals surface area contributed by atoms with E-state index in [1.165, 1.54) is 4.31 Å². The molecule has 3 heterocycles. The molecule has 0 aromatic carbocycles. The number of carbonyl (C=O) groups is 1. The Hall–Kier alpha value is -2.23. The lowest BCUT2D eigenvalue weighted by atomic mass is 10.0. The predicted molar refractivity (Wildman–Crippen MR) is 107 cm³/mol. The molecule has 3 rings (SSSR count). The summed E-state index contributed by atoms with van der Waals surface area (Å²) in [7, 11) is -1.69. The van der Waals surface area contributed by atoms with Crippen LogP contribution in [0.1, 0.15) is 41.5 Å². The quantitative estimate of drug-likeness (QED) is 0.728. The maximum Gasteiger partial charge on any atom is 0.279 e. The molecule has 0 radical (unpaired) electrons. The Morgan fingerprint density at radius 1 is 1.25 bits per heavy atom. The average Bonchev–Trinajstić information content (AvgIpc) is 3.11. The lowest BCUT2D eigenvalue weighted by molar-refractivity contribution is 0.0942. The number of nitrogens with zero attached hydrogens (tertiary/aromatic N) is 3. The van der Waals surface area contributed by atoms with Gasteiger partial charge in [0.25, 0.3) is 16.1 Å². The predicted octanol–water partition coefficient (Wildman–Crippen LogP) is 1.42. The minimum atomic E-state index is -3.51. The molecule has 1 aliphatic heterocycles. The fraction of sp³-hybridized carbons (Fsp3) is 0.474. The van der Waals surface area contributed by atoms with Crippen molar-refractivity contribution in [3.8, 4) is 0 Å². The van der Waals surface area contributed by atoms with Gasteiger partial charge in [-0.15, -0.1) is 0 Å². The molecule has 152 valence electrons. The van der Waals surface area contributed by atoms with Gasteiger partial charge in [-0.3, -0.25) is 9.78 Å². The minimum Gasteiger partial charge on any atom is -0.347 e. The number of pyridine rings is 1. The molecule has 0 aliphatic carbocycles. The van der Waals surface area contributed by atoms with Gasteiger partial charge in [0.15, 0.2) is 0 Å². The number of piperidine rings is 1. The molecule has 1 saturated heterocycles. The highest BCUT2D eigenvalue weighted by Gasteiger charge is 2.26. The van der Waals surface area contributed by atoms with Crippen LogP contribution in [0.15, 0.2) is 36.7 Å². The van der Waals surface area contributed by atoms with Crippen LogP contribution in [0, 0.1) is 5.92 Å². The van der Waals surface area contributed by atoms with Crippen LogP contribution >= 0.6 is 0 Å². The van der Waals surface area contributed by atoms with E-state index in [9.17, 15) is 13.2 Å². The first-order valence-corrected chi connectivity index (χ1v) is 10.9. The third-order valence-corrected chi connectivity index (χ3v) is 6.58. The normalized spacial score (nSPS) is 16.2. The van der Waals surface area contributed by atoms with Crippen molar-refractivity contribution in [3.05, 3.63) is 53.6 Å². The van der Waals surface area contributed by atoms with Crippen LogP contribution < -0.4 is 10.0 Å². The lowest BCUT2D eigenvalue weighted by Gasteiger charge is -2.29. The molecule has 0 atom stereocenters. The number of nitrogens with one attached hydrogen (secondary N) is 2. The second-order valence-electron chi connectivity index (χ2n) is 7.25. The number of hydrogen-bond acceptors (Lipinski definition) is 4. The van der Waals surface area contributed by atoms with Gasteiger partial charge in [0.05, 0.1) is 12.2 Å². The zero-order valence-electron chi connectivity index (χ0n) is 16.3. The molecule has 8 nitrogen and oxygen atoms in total. The summed E-state index contributed by atoms with van der Waals surface area (Å²) in [6.45, 7) is 3.71. The number of amides is 1. The van der Waals surface area contributed by atoms with Gasteiger partial charge in [0, 0.05) is 39.1 Å². The summed E-state index contributed by atoms with van der Waals surface area (Å²) in [4.78, 5) is 16.4. The summed E-state index contributed by atoms with van der Waals surface area (Å²) in [6.07, 6.45) is 5.20. The summed E-state index contributed by atoms with van der Waals surface area (Å²) >= 11 is 0. The monoisotopic (exact) mass is 405 g/mol. The van der Waals surface area contributed by atoms with Gasteiger partial charge in [-0.2, -0.15) is 17.4 Å². The third kappa shape index (κ3) is 5.18. The minimum absolute atomic E-state index is 0.119. The Morgan fingerprint density at radius 2 is 2.00 bits per heavy atom. The summed E-state index contributed by atoms with van der Waals surface area (Å²) in [5, 5.41) is 2.86. The van der Waals surface area contributed by atoms with E-state index in [1.807, 2.05) is 19.3 Å². The molecule has 2 aromatic heterocycles. The molecule has 1 amide bonds. The Bertz CT molecular complexity index is 917. The zero-order valence-corrected chi connectivity index (χ0v) is 17.1. The molecular formula is C19H27N5O3S. The summed E-state index contributed by atoms with van der Waals surface area (Å²) in [5.41, 5.74) is 2.05. The van der Waals surface area contributed by atoms with Crippen molar-refractivity contribution >= 4 is 16.1 Å². The van der Waals surface area contributed by atoms with Crippen LogP contribution in [0.25, 0.3) is 0 Å². The summed E-state index contributed by atoms with van der Waals surface area (Å²) < 4.78 is 30.8. The zero-order chi connectivity index (χ0) is 20.1. The Kier molecular flexibility index (Phi) is 6.48. The molecule has 9 heteroatoms. The van der Waals surface area contributed by atoms with E-state index in [1.54, 1.807) is 29.0 Å². The fourth-order valence-electron chi connectivity index (χ4n) is 3.19. The first-order valence-electron chi connectivity index (χ1n) is 9.43. The molecule has 2 N–H and O–H groups in total. The van der Waals surface area contributed by atoms with Gasteiger partial charge in [-0.25, -0.2) is 0 Å². The van der Waals surface area contributed by atoms with Crippen molar-refractivity contribution in [2.24, 2.45) is 13.0 Å². The van der Waals surface area contributed by atoms with Gasteiger partial charge in [0.1, 0.15) is 5.69 Å². The van der Waals surface area contributed by atoms with Crippen molar-refractivity contribution in [1.29, 1.82) is 0 Å². The fourth-order valence-corrected chi connectivity index (χ4v) is 4.39. The molecule has 0 bridgehead atoms. The van der Waals surface area contributed by atoms with E-state index >= 15 is 0 Å². The Labute approximate surface area is 166 Å². The van der Waals surface area contributed by atoms with E-state index in [0.717, 1.165) is 18.4 Å². The highest BCUT2D eigenvalue weighted by Crippen LogP contribution is 2.18. The number of rotatable bonds is 7. The van der Waals surface area contributed by atoms with Crippen LogP contribution in [0.5, 0.6) is 0 Å². The number of aryl methyl sites for hydroxylation is 1. The van der Waals surface area contributed by atoms with E-state index in [-0.39, 0.29) is 12.5 Å². The van der Waals surface area contributed by atoms with Gasteiger partial charge in [-0.1, -0.05) is 6.92 Å². The van der Waals surface area contributed by atoms with Crippen molar-refractivity contribution < 1.29 is 13.2 Å². The van der Waals surface area contributed by atoms with Gasteiger partial charge < -0.3 is 9.88 Å². The van der Waals surface area contributed by atoms with Gasteiger partial charge in [-0.05, 0) is 48.6 Å². The number of hydrogen-bond donors (Lipinski definition) is 2. The topological polar surface area (TPSA) is 96.3 Å². The van der Waals surface area contributed by atoms with Crippen molar-refractivity contribution in [2.75, 3.05) is 13.1 Å². The SMILES string of the molecule is CC1CCN(S(=O)(=O)NCc2cc(CNC(=O)c3cccn3C)ccn2)CC1. The van der Waals surface area contributed by atoms with E-state index in [4.69, 9.17) is 0 Å². The number of aromatic nitrogens is 2. The van der Waals surface area contributed by atoms with Gasteiger partial charge >= 0.3 is 0 Å². The number of carbonyl (C=O) groups excluding carboxylic acids is 1.